The zero-order chi connectivity index (χ0) is 12.8. The minimum Gasteiger partial charge on any atom is -0.387 e. The molecule has 3 nitrogen and oxygen atoms in total. The van der Waals surface area contributed by atoms with Gasteiger partial charge >= 0.3 is 0 Å². The Morgan fingerprint density at radius 2 is 2.06 bits per heavy atom. The van der Waals surface area contributed by atoms with Crippen LogP contribution in [0.3, 0.4) is 0 Å². The van der Waals surface area contributed by atoms with Crippen LogP contribution in [0, 0.1) is 17.8 Å². The van der Waals surface area contributed by atoms with Crippen LogP contribution >= 0.6 is 0 Å². The minimum atomic E-state index is -0.977. The number of carbonyl (C=O) groups excluding carboxylic acids is 1. The van der Waals surface area contributed by atoms with Crippen molar-refractivity contribution in [3.63, 3.8) is 0 Å². The van der Waals surface area contributed by atoms with Crippen molar-refractivity contribution in [1.29, 1.82) is 0 Å². The molecule has 2 fully saturated rings. The number of carbonyl (C=O) groups is 1. The standard InChI is InChI=1S/C14H25NO2/c1-9(2)11-4-6-13(15)7-5-12(16)10(3)14(13,17)8-11/h9-11,17H,4-8,15H2,1-3H3/t10?,11-,13+,14-/m1/s1. The van der Waals surface area contributed by atoms with Gasteiger partial charge in [-0.25, -0.2) is 0 Å². The van der Waals surface area contributed by atoms with Gasteiger partial charge in [0.2, 0.25) is 0 Å². The van der Waals surface area contributed by atoms with Crippen LogP contribution in [0.1, 0.15) is 52.9 Å². The molecule has 0 amide bonds. The van der Waals surface area contributed by atoms with Crippen molar-refractivity contribution in [2.24, 2.45) is 23.5 Å². The highest BCUT2D eigenvalue weighted by Gasteiger charge is 2.58. The van der Waals surface area contributed by atoms with Crippen molar-refractivity contribution in [2.45, 2.75) is 64.0 Å². The molecule has 0 bridgehead atoms. The summed E-state index contributed by atoms with van der Waals surface area (Å²) in [5.74, 6) is 0.915. The molecule has 2 aliphatic carbocycles. The van der Waals surface area contributed by atoms with Crippen LogP contribution in [-0.2, 0) is 4.79 Å². The van der Waals surface area contributed by atoms with E-state index in [-0.39, 0.29) is 11.7 Å². The molecule has 0 aliphatic heterocycles. The molecule has 0 radical (unpaired) electrons. The van der Waals surface area contributed by atoms with E-state index in [1.165, 1.54) is 0 Å². The van der Waals surface area contributed by atoms with Crippen LogP contribution in [-0.4, -0.2) is 22.0 Å². The maximum absolute atomic E-state index is 11.9. The molecular weight excluding hydrogens is 214 g/mol. The number of hydrogen-bond donors (Lipinski definition) is 2. The molecule has 3 N–H and O–H groups in total. The van der Waals surface area contributed by atoms with Crippen molar-refractivity contribution < 1.29 is 9.90 Å². The van der Waals surface area contributed by atoms with Crippen LogP contribution < -0.4 is 5.73 Å². The summed E-state index contributed by atoms with van der Waals surface area (Å²) in [7, 11) is 0. The third-order valence-electron chi connectivity index (χ3n) is 5.36. The third kappa shape index (κ3) is 1.84. The van der Waals surface area contributed by atoms with E-state index in [2.05, 4.69) is 13.8 Å². The summed E-state index contributed by atoms with van der Waals surface area (Å²) in [5.41, 5.74) is 4.90. The fourth-order valence-corrected chi connectivity index (χ4v) is 3.71. The number of ketones is 1. The molecule has 2 saturated carbocycles. The number of aliphatic hydroxyl groups is 1. The second kappa shape index (κ2) is 4.06. The van der Waals surface area contributed by atoms with Crippen LogP contribution in [0.4, 0.5) is 0 Å². The second-order valence-corrected chi connectivity index (χ2v) is 6.52. The summed E-state index contributed by atoms with van der Waals surface area (Å²) < 4.78 is 0. The summed E-state index contributed by atoms with van der Waals surface area (Å²) >= 11 is 0. The van der Waals surface area contributed by atoms with Crippen molar-refractivity contribution in [3.05, 3.63) is 0 Å². The monoisotopic (exact) mass is 239 g/mol. The lowest BCUT2D eigenvalue weighted by Gasteiger charge is -2.56. The van der Waals surface area contributed by atoms with Gasteiger partial charge in [-0.15, -0.1) is 0 Å². The topological polar surface area (TPSA) is 63.3 Å². The molecule has 17 heavy (non-hydrogen) atoms. The van der Waals surface area contributed by atoms with Crippen LogP contribution in [0.15, 0.2) is 0 Å². The zero-order valence-corrected chi connectivity index (χ0v) is 11.2. The molecular formula is C14H25NO2. The lowest BCUT2D eigenvalue weighted by molar-refractivity contribution is -0.163. The van der Waals surface area contributed by atoms with Gasteiger partial charge in [-0.1, -0.05) is 20.8 Å². The quantitative estimate of drug-likeness (QED) is 0.734. The highest BCUT2D eigenvalue weighted by atomic mass is 16.3. The molecule has 0 saturated heterocycles. The predicted molar refractivity (Wildman–Crippen MR) is 67.5 cm³/mol. The predicted octanol–water partition coefficient (Wildman–Crippen LogP) is 1.87. The number of fused-ring (bicyclic) bond motifs is 1. The Kier molecular flexibility index (Phi) is 3.11. The third-order valence-corrected chi connectivity index (χ3v) is 5.36. The molecule has 1 unspecified atom stereocenters. The molecule has 3 heteroatoms. The van der Waals surface area contributed by atoms with Gasteiger partial charge in [-0.3, -0.25) is 4.79 Å². The molecule has 0 aromatic carbocycles. The fraction of sp³-hybridized carbons (Fsp3) is 0.929. The van der Waals surface area contributed by atoms with E-state index >= 15 is 0 Å². The van der Waals surface area contributed by atoms with Crippen molar-refractivity contribution >= 4 is 5.78 Å². The van der Waals surface area contributed by atoms with Gasteiger partial charge in [0.05, 0.1) is 5.60 Å². The van der Waals surface area contributed by atoms with Gasteiger partial charge in [-0.2, -0.15) is 0 Å². The highest BCUT2D eigenvalue weighted by molar-refractivity contribution is 5.83. The fourth-order valence-electron chi connectivity index (χ4n) is 3.71. The van der Waals surface area contributed by atoms with Crippen LogP contribution in [0.2, 0.25) is 0 Å². The number of hydrogen-bond acceptors (Lipinski definition) is 3. The van der Waals surface area contributed by atoms with Crippen molar-refractivity contribution in [1.82, 2.24) is 0 Å². The van der Waals surface area contributed by atoms with Gasteiger partial charge in [-0.05, 0) is 37.5 Å². The SMILES string of the molecule is CC(C)[C@@H]1CC[C@]2(N)CCC(=O)C(C)[C@]2(O)C1. The van der Waals surface area contributed by atoms with E-state index in [0.717, 1.165) is 12.8 Å². The van der Waals surface area contributed by atoms with Gasteiger partial charge in [0.1, 0.15) is 5.78 Å². The largest absolute Gasteiger partial charge is 0.387 e. The smallest absolute Gasteiger partial charge is 0.138 e. The summed E-state index contributed by atoms with van der Waals surface area (Å²) in [6.07, 6.45) is 3.80. The summed E-state index contributed by atoms with van der Waals surface area (Å²) in [4.78, 5) is 11.9. The Labute approximate surface area is 104 Å². The van der Waals surface area contributed by atoms with Gasteiger partial charge < -0.3 is 10.8 Å². The van der Waals surface area contributed by atoms with E-state index in [9.17, 15) is 9.90 Å². The molecule has 0 heterocycles. The lowest BCUT2D eigenvalue weighted by Crippen LogP contribution is -2.70. The van der Waals surface area contributed by atoms with E-state index in [1.807, 2.05) is 6.92 Å². The molecule has 2 aliphatic rings. The first-order valence-corrected chi connectivity index (χ1v) is 6.84. The van der Waals surface area contributed by atoms with Crippen LogP contribution in [0.5, 0.6) is 0 Å². The molecule has 4 atom stereocenters. The first kappa shape index (κ1) is 13.0. The summed E-state index contributed by atoms with van der Waals surface area (Å²) in [6.45, 7) is 6.23. The average molecular weight is 239 g/mol. The second-order valence-electron chi connectivity index (χ2n) is 6.52. The van der Waals surface area contributed by atoms with E-state index in [0.29, 0.717) is 31.1 Å². The average Bonchev–Trinajstić information content (AvgIpc) is 2.27. The summed E-state index contributed by atoms with van der Waals surface area (Å²) in [5, 5.41) is 11.0. The highest BCUT2D eigenvalue weighted by Crippen LogP contribution is 2.50. The minimum absolute atomic E-state index is 0.179. The summed E-state index contributed by atoms with van der Waals surface area (Å²) in [6, 6.07) is 0. The molecule has 0 aromatic rings. The number of nitrogens with two attached hydrogens (primary N) is 1. The van der Waals surface area contributed by atoms with Crippen LogP contribution in [0.25, 0.3) is 0 Å². The molecule has 2 rings (SSSR count). The first-order chi connectivity index (χ1) is 7.80. The Balaban J connectivity index is 2.29. The molecule has 0 aromatic heterocycles. The normalized spacial score (nSPS) is 47.1. The van der Waals surface area contributed by atoms with Crippen molar-refractivity contribution in [2.75, 3.05) is 0 Å². The van der Waals surface area contributed by atoms with E-state index < -0.39 is 11.1 Å². The Hall–Kier alpha value is -0.410. The maximum atomic E-state index is 11.9. The van der Waals surface area contributed by atoms with Gasteiger partial charge in [0, 0.05) is 17.9 Å². The lowest BCUT2D eigenvalue weighted by atomic mass is 9.54. The Morgan fingerprint density at radius 1 is 1.41 bits per heavy atom. The van der Waals surface area contributed by atoms with Gasteiger partial charge in [0.15, 0.2) is 0 Å². The zero-order valence-electron chi connectivity index (χ0n) is 11.2. The molecule has 0 spiro atoms. The Morgan fingerprint density at radius 3 is 2.65 bits per heavy atom. The molecule has 98 valence electrons. The van der Waals surface area contributed by atoms with Crippen molar-refractivity contribution in [3.8, 4) is 0 Å². The Bertz CT molecular complexity index is 328. The van der Waals surface area contributed by atoms with Gasteiger partial charge in [0.25, 0.3) is 0 Å². The number of rotatable bonds is 1. The van der Waals surface area contributed by atoms with E-state index in [4.69, 9.17) is 5.73 Å². The first-order valence-electron chi connectivity index (χ1n) is 6.84. The number of Topliss-reactive ketones (excluding diaryl/α,β-unsaturated/α-hetero) is 1. The van der Waals surface area contributed by atoms with E-state index in [1.54, 1.807) is 0 Å². The maximum Gasteiger partial charge on any atom is 0.138 e.